The van der Waals surface area contributed by atoms with Crippen LogP contribution in [0.25, 0.3) is 17.0 Å². The summed E-state index contributed by atoms with van der Waals surface area (Å²) in [5.41, 5.74) is 9.33. The number of fused-ring (bicyclic) bond motifs is 3. The van der Waals surface area contributed by atoms with Crippen molar-refractivity contribution in [1.82, 2.24) is 9.78 Å². The molecule has 1 amide bonds. The molecule has 0 atom stereocenters. The zero-order valence-corrected chi connectivity index (χ0v) is 17.5. The van der Waals surface area contributed by atoms with E-state index in [1.165, 1.54) is 0 Å². The highest BCUT2D eigenvalue weighted by Gasteiger charge is 2.29. The summed E-state index contributed by atoms with van der Waals surface area (Å²) in [5.74, 6) is 0.202. The molecule has 8 heteroatoms. The van der Waals surface area contributed by atoms with Crippen LogP contribution < -0.4 is 10.5 Å². The van der Waals surface area contributed by atoms with Crippen molar-refractivity contribution in [2.75, 3.05) is 14.3 Å². The van der Waals surface area contributed by atoms with Gasteiger partial charge < -0.3 is 10.5 Å². The third kappa shape index (κ3) is 4.58. The molecule has 3 rings (SSSR count). The van der Waals surface area contributed by atoms with Gasteiger partial charge in [-0.25, -0.2) is 13.5 Å². The second-order valence-corrected chi connectivity index (χ2v) is 6.67. The second kappa shape index (κ2) is 10.1. The number of benzene rings is 1. The maximum absolute atomic E-state index is 13.7. The van der Waals surface area contributed by atoms with Crippen LogP contribution in [-0.2, 0) is 17.6 Å². The van der Waals surface area contributed by atoms with Crippen molar-refractivity contribution in [3.8, 4) is 17.0 Å². The lowest BCUT2D eigenvalue weighted by Gasteiger charge is -2.20. The van der Waals surface area contributed by atoms with E-state index in [2.05, 4.69) is 5.10 Å². The molecule has 0 saturated carbocycles. The van der Waals surface area contributed by atoms with Gasteiger partial charge in [0.05, 0.1) is 20.0 Å². The van der Waals surface area contributed by atoms with Crippen LogP contribution in [0, 0.1) is 0 Å². The van der Waals surface area contributed by atoms with Crippen molar-refractivity contribution in [1.29, 1.82) is 0 Å². The lowest BCUT2D eigenvalue weighted by atomic mass is 9.88. The number of hydrogen-bond acceptors (Lipinski definition) is 3. The Morgan fingerprint density at radius 3 is 2.57 bits per heavy atom. The first-order chi connectivity index (χ1) is 14.4. The number of carbonyl (C=O) groups is 1. The Labute approximate surface area is 174 Å². The minimum Gasteiger partial charge on any atom is -0.497 e. The van der Waals surface area contributed by atoms with Crippen LogP contribution in [-0.4, -0.2) is 30.0 Å². The Bertz CT molecular complexity index is 978. The summed E-state index contributed by atoms with van der Waals surface area (Å²) >= 11 is 0. The van der Waals surface area contributed by atoms with Crippen LogP contribution in [0.3, 0.4) is 0 Å². The van der Waals surface area contributed by atoms with Gasteiger partial charge in [-0.15, -0.1) is 0 Å². The number of amides is 1. The predicted octanol–water partition coefficient (Wildman–Crippen LogP) is 4.86. The van der Waals surface area contributed by atoms with Crippen molar-refractivity contribution < 1.29 is 22.7 Å². The number of nitrogens with zero attached hydrogens (tertiary/aromatic N) is 2. The monoisotopic (exact) mass is 421 g/mol. The van der Waals surface area contributed by atoms with E-state index in [0.29, 0.717) is 49.0 Å². The maximum atomic E-state index is 13.7. The van der Waals surface area contributed by atoms with E-state index in [1.54, 1.807) is 30.9 Å². The summed E-state index contributed by atoms with van der Waals surface area (Å²) in [6.07, 6.45) is 2.33. The number of hydrogen-bond donors (Lipinski definition) is 1. The Morgan fingerprint density at radius 2 is 2.00 bits per heavy atom. The number of aryl methyl sites for hydroxylation is 1. The topological polar surface area (TPSA) is 70.1 Å². The first-order valence-corrected chi connectivity index (χ1v) is 9.50. The second-order valence-electron chi connectivity index (χ2n) is 6.67. The van der Waals surface area contributed by atoms with Gasteiger partial charge in [0.15, 0.2) is 0 Å². The molecule has 2 aromatic rings. The summed E-state index contributed by atoms with van der Waals surface area (Å²) in [4.78, 5) is 11.3. The molecule has 0 bridgehead atoms. The molecule has 1 aliphatic rings. The van der Waals surface area contributed by atoms with Gasteiger partial charge >= 0.3 is 0 Å². The molecule has 5 nitrogen and oxygen atoms in total. The van der Waals surface area contributed by atoms with Crippen LogP contribution in [0.5, 0.6) is 5.75 Å². The first-order valence-electron chi connectivity index (χ1n) is 9.50. The summed E-state index contributed by atoms with van der Waals surface area (Å²) in [6.45, 7) is 3.52. The van der Waals surface area contributed by atoms with Crippen molar-refractivity contribution >= 4 is 11.6 Å². The van der Waals surface area contributed by atoms with Gasteiger partial charge in [0.25, 0.3) is 6.43 Å². The minimum absolute atomic E-state index is 0.188. The molecule has 0 spiro atoms. The van der Waals surface area contributed by atoms with Gasteiger partial charge in [-0.05, 0) is 56.0 Å². The van der Waals surface area contributed by atoms with E-state index in [0.717, 1.165) is 16.9 Å². The maximum Gasteiger partial charge on any atom is 0.282 e. The molecular weight excluding hydrogens is 395 g/mol. The Kier molecular flexibility index (Phi) is 7.86. The van der Waals surface area contributed by atoms with Gasteiger partial charge in [-0.2, -0.15) is 5.10 Å². The van der Waals surface area contributed by atoms with Crippen molar-refractivity contribution in [3.63, 3.8) is 0 Å². The molecule has 0 aliphatic heterocycles. The van der Waals surface area contributed by atoms with E-state index >= 15 is 0 Å². The third-order valence-corrected chi connectivity index (χ3v) is 4.98. The van der Waals surface area contributed by atoms with Crippen molar-refractivity contribution in [3.05, 3.63) is 52.7 Å². The van der Waals surface area contributed by atoms with Gasteiger partial charge in [0.1, 0.15) is 11.4 Å². The van der Waals surface area contributed by atoms with Crippen LogP contribution in [0.15, 0.2) is 35.9 Å². The number of halogens is 3. The molecule has 2 N–H and O–H groups in total. The smallest absolute Gasteiger partial charge is 0.282 e. The molecule has 1 aromatic heterocycles. The van der Waals surface area contributed by atoms with E-state index in [4.69, 9.17) is 10.5 Å². The highest BCUT2D eigenvalue weighted by molar-refractivity contribution is 5.91. The largest absolute Gasteiger partial charge is 0.497 e. The van der Waals surface area contributed by atoms with Crippen LogP contribution >= 0.6 is 0 Å². The van der Waals surface area contributed by atoms with Crippen LogP contribution in [0.1, 0.15) is 43.5 Å². The molecule has 0 fully saturated rings. The molecule has 0 unspecified atom stereocenters. The molecular formula is C22H26F3N3O2. The summed E-state index contributed by atoms with van der Waals surface area (Å²) in [7, 11) is 2.10. The average Bonchev–Trinajstić information content (AvgIpc) is 3.15. The Hall–Kier alpha value is -3.03. The Balaban J connectivity index is 0.00000155. The van der Waals surface area contributed by atoms with Crippen LogP contribution in [0.4, 0.5) is 13.2 Å². The highest BCUT2D eigenvalue weighted by Crippen LogP contribution is 2.40. The number of allylic oxidation sites excluding steroid dienone is 3. The quantitative estimate of drug-likeness (QED) is 0.535. The number of aromatic nitrogens is 2. The van der Waals surface area contributed by atoms with E-state index in [1.807, 2.05) is 25.1 Å². The fourth-order valence-corrected chi connectivity index (χ4v) is 3.41. The van der Waals surface area contributed by atoms with Gasteiger partial charge in [-0.3, -0.25) is 9.18 Å². The molecule has 0 saturated heterocycles. The van der Waals surface area contributed by atoms with Gasteiger partial charge in [0, 0.05) is 22.4 Å². The molecule has 1 aliphatic carbocycles. The highest BCUT2D eigenvalue weighted by atomic mass is 19.3. The van der Waals surface area contributed by atoms with Crippen molar-refractivity contribution in [2.24, 2.45) is 5.73 Å². The first kappa shape index (κ1) is 23.3. The number of nitrogens with two attached hydrogens (primary N) is 1. The molecule has 30 heavy (non-hydrogen) atoms. The van der Waals surface area contributed by atoms with Gasteiger partial charge in [-0.1, -0.05) is 13.0 Å². The third-order valence-electron chi connectivity index (χ3n) is 4.98. The number of methoxy groups -OCH3 is 1. The number of carbonyl (C=O) groups excluding carboxylic acids is 1. The van der Waals surface area contributed by atoms with E-state index in [9.17, 15) is 18.0 Å². The Morgan fingerprint density at radius 1 is 1.30 bits per heavy atom. The SMILES string of the molecule is CC/C(=C\C=C(/C)C(N)=O)n1nc(C(F)F)c2c1-c1ccc(OC)cc1CC2.CF. The lowest BCUT2D eigenvalue weighted by Crippen LogP contribution is -2.11. The number of ether oxygens (including phenoxy) is 1. The number of alkyl halides is 3. The summed E-state index contributed by atoms with van der Waals surface area (Å²) in [5, 5.41) is 4.25. The standard InChI is InChI=1S/C21H23F2N3O2.CH3F/c1-4-14(7-5-12(2)21(24)27)26-19-16-10-8-15(28-3)11-13(16)6-9-17(19)18(25-26)20(22)23;1-2/h5,7-8,10-11,20H,4,6,9H2,1-3H3,(H2,24,27);1H3/b12-5+,14-7+;. The van der Waals surface area contributed by atoms with Gasteiger partial charge in [0.2, 0.25) is 5.91 Å². The predicted molar refractivity (Wildman–Crippen MR) is 111 cm³/mol. The van der Waals surface area contributed by atoms with E-state index < -0.39 is 12.3 Å². The molecule has 1 heterocycles. The zero-order chi connectivity index (χ0) is 22.4. The molecule has 0 radical (unpaired) electrons. The lowest BCUT2D eigenvalue weighted by molar-refractivity contribution is -0.114. The molecule has 1 aromatic carbocycles. The fourth-order valence-electron chi connectivity index (χ4n) is 3.41. The van der Waals surface area contributed by atoms with E-state index in [-0.39, 0.29) is 5.69 Å². The van der Waals surface area contributed by atoms with Crippen molar-refractivity contribution in [2.45, 2.75) is 39.5 Å². The molecule has 162 valence electrons. The number of rotatable bonds is 6. The average molecular weight is 421 g/mol. The zero-order valence-electron chi connectivity index (χ0n) is 17.5. The summed E-state index contributed by atoms with van der Waals surface area (Å²) < 4.78 is 43.7. The fraction of sp³-hybridized carbons (Fsp3) is 0.364. The normalized spacial score (nSPS) is 13.3. The van der Waals surface area contributed by atoms with Crippen LogP contribution in [0.2, 0.25) is 0 Å². The summed E-state index contributed by atoms with van der Waals surface area (Å²) in [6, 6.07) is 5.64. The number of primary amides is 1. The minimum atomic E-state index is -2.66.